The van der Waals surface area contributed by atoms with Gasteiger partial charge in [-0.3, -0.25) is 0 Å². The third-order valence-corrected chi connectivity index (χ3v) is 2.98. The van der Waals surface area contributed by atoms with Gasteiger partial charge in [-0.05, 0) is 41.1 Å². The molecule has 4 heteroatoms. The first-order chi connectivity index (χ1) is 6.79. The van der Waals surface area contributed by atoms with Crippen LogP contribution in [-0.2, 0) is 0 Å². The normalized spacial score (nSPS) is 17.9. The number of halogens is 1. The van der Waals surface area contributed by atoms with E-state index in [1.807, 2.05) is 0 Å². The van der Waals surface area contributed by atoms with Crippen LogP contribution < -0.4 is 5.32 Å². The van der Waals surface area contributed by atoms with Crippen LogP contribution in [0.1, 0.15) is 26.2 Å². The summed E-state index contributed by atoms with van der Waals surface area (Å²) in [5.41, 5.74) is 0. The maximum absolute atomic E-state index is 4.21. The molecule has 1 aromatic rings. The molecule has 0 bridgehead atoms. The highest BCUT2D eigenvalue weighted by Crippen LogP contribution is 2.35. The zero-order chi connectivity index (χ0) is 9.97. The Morgan fingerprint density at radius 1 is 1.50 bits per heavy atom. The summed E-state index contributed by atoms with van der Waals surface area (Å²) in [4.78, 5) is 8.41. The molecule has 1 fully saturated rings. The highest BCUT2D eigenvalue weighted by molar-refractivity contribution is 9.10. The van der Waals surface area contributed by atoms with E-state index in [9.17, 15) is 0 Å². The van der Waals surface area contributed by atoms with Gasteiger partial charge in [-0.15, -0.1) is 0 Å². The average Bonchev–Trinajstić information content (AvgIpc) is 3.01. The van der Waals surface area contributed by atoms with E-state index in [0.29, 0.717) is 6.04 Å². The van der Waals surface area contributed by atoms with E-state index in [2.05, 4.69) is 38.1 Å². The van der Waals surface area contributed by atoms with E-state index in [-0.39, 0.29) is 0 Å². The first-order valence-electron chi connectivity index (χ1n) is 5.03. The third-order valence-electron chi connectivity index (χ3n) is 2.57. The van der Waals surface area contributed by atoms with Gasteiger partial charge in [0, 0.05) is 18.4 Å². The molecule has 0 amide bonds. The van der Waals surface area contributed by atoms with Crippen LogP contribution in [0.15, 0.2) is 16.9 Å². The lowest BCUT2D eigenvalue weighted by Gasteiger charge is -2.15. The summed E-state index contributed by atoms with van der Waals surface area (Å²) < 4.78 is 0.919. The number of rotatable bonds is 4. The van der Waals surface area contributed by atoms with Gasteiger partial charge in [0.05, 0.1) is 4.47 Å². The van der Waals surface area contributed by atoms with Gasteiger partial charge in [-0.25, -0.2) is 9.97 Å². The first kappa shape index (κ1) is 9.90. The van der Waals surface area contributed by atoms with Crippen LogP contribution in [0.2, 0.25) is 0 Å². The van der Waals surface area contributed by atoms with E-state index >= 15 is 0 Å². The van der Waals surface area contributed by atoms with E-state index in [1.165, 1.54) is 12.8 Å². The molecule has 1 N–H and O–H groups in total. The molecule has 14 heavy (non-hydrogen) atoms. The lowest BCUT2D eigenvalue weighted by atomic mass is 10.1. The summed E-state index contributed by atoms with van der Waals surface area (Å²) >= 11 is 3.32. The van der Waals surface area contributed by atoms with Crippen LogP contribution >= 0.6 is 15.9 Å². The molecule has 1 aliphatic rings. The van der Waals surface area contributed by atoms with Crippen molar-refractivity contribution in [2.75, 3.05) is 5.32 Å². The molecule has 1 atom stereocenters. The lowest BCUT2D eigenvalue weighted by molar-refractivity contribution is 0.611. The fraction of sp³-hybridized carbons (Fsp3) is 0.600. The summed E-state index contributed by atoms with van der Waals surface area (Å²) in [5.74, 6) is 1.58. The number of nitrogens with zero attached hydrogens (tertiary/aromatic N) is 2. The molecule has 1 saturated carbocycles. The summed E-state index contributed by atoms with van der Waals surface area (Å²) in [6.45, 7) is 2.20. The lowest BCUT2D eigenvalue weighted by Crippen LogP contribution is -2.21. The van der Waals surface area contributed by atoms with Crippen molar-refractivity contribution in [2.24, 2.45) is 5.92 Å². The molecule has 76 valence electrons. The number of aromatic nitrogens is 2. The van der Waals surface area contributed by atoms with E-state index in [4.69, 9.17) is 0 Å². The van der Waals surface area contributed by atoms with Crippen molar-refractivity contribution >= 4 is 21.9 Å². The van der Waals surface area contributed by atoms with Crippen molar-refractivity contribution in [3.05, 3.63) is 16.9 Å². The summed E-state index contributed by atoms with van der Waals surface area (Å²) in [6.07, 6.45) is 7.39. The van der Waals surface area contributed by atoms with Gasteiger partial charge in [-0.2, -0.15) is 0 Å². The fourth-order valence-corrected chi connectivity index (χ4v) is 1.81. The Balaban J connectivity index is 1.98. The molecule has 1 aromatic heterocycles. The molecule has 0 radical (unpaired) electrons. The molecular weight excluding hydrogens is 242 g/mol. The van der Waals surface area contributed by atoms with E-state index < -0.39 is 0 Å². The molecule has 0 spiro atoms. The zero-order valence-corrected chi connectivity index (χ0v) is 9.79. The minimum Gasteiger partial charge on any atom is -0.351 e. The number of hydrogen-bond donors (Lipinski definition) is 1. The van der Waals surface area contributed by atoms with Crippen LogP contribution in [0.25, 0.3) is 0 Å². The highest BCUT2D eigenvalue weighted by Gasteiger charge is 2.30. The standard InChI is InChI=1S/C10H14BrN3/c1-2-9(7-3-4-7)14-10-12-5-8(11)6-13-10/h5-7,9H,2-4H2,1H3,(H,12,13,14). The predicted molar refractivity (Wildman–Crippen MR) is 60.2 cm³/mol. The van der Waals surface area contributed by atoms with Gasteiger partial charge in [-0.1, -0.05) is 6.92 Å². The molecule has 2 rings (SSSR count). The molecule has 1 aliphatic carbocycles. The van der Waals surface area contributed by atoms with Crippen LogP contribution in [0.5, 0.6) is 0 Å². The van der Waals surface area contributed by atoms with Crippen molar-refractivity contribution in [1.29, 1.82) is 0 Å². The summed E-state index contributed by atoms with van der Waals surface area (Å²) in [5, 5.41) is 3.37. The highest BCUT2D eigenvalue weighted by atomic mass is 79.9. The quantitative estimate of drug-likeness (QED) is 0.900. The van der Waals surface area contributed by atoms with Crippen LogP contribution in [0.3, 0.4) is 0 Å². The fourth-order valence-electron chi connectivity index (χ4n) is 1.60. The minimum atomic E-state index is 0.552. The second-order valence-corrected chi connectivity index (χ2v) is 4.64. The zero-order valence-electron chi connectivity index (χ0n) is 8.20. The molecule has 3 nitrogen and oxygen atoms in total. The molecule has 0 saturated heterocycles. The Labute approximate surface area is 92.5 Å². The van der Waals surface area contributed by atoms with E-state index in [1.54, 1.807) is 12.4 Å². The van der Waals surface area contributed by atoms with Crippen molar-refractivity contribution in [3.8, 4) is 0 Å². The molecule has 1 heterocycles. The van der Waals surface area contributed by atoms with Gasteiger partial charge < -0.3 is 5.32 Å². The van der Waals surface area contributed by atoms with Gasteiger partial charge in [0.25, 0.3) is 0 Å². The SMILES string of the molecule is CCC(Nc1ncc(Br)cn1)C1CC1. The van der Waals surface area contributed by atoms with Gasteiger partial charge >= 0.3 is 0 Å². The van der Waals surface area contributed by atoms with Gasteiger partial charge in [0.2, 0.25) is 5.95 Å². The Morgan fingerprint density at radius 3 is 2.64 bits per heavy atom. The van der Waals surface area contributed by atoms with Crippen molar-refractivity contribution < 1.29 is 0 Å². The summed E-state index contributed by atoms with van der Waals surface area (Å²) in [6, 6.07) is 0.552. The average molecular weight is 256 g/mol. The van der Waals surface area contributed by atoms with Crippen LogP contribution in [0, 0.1) is 5.92 Å². The third kappa shape index (κ3) is 2.44. The molecule has 0 aromatic carbocycles. The minimum absolute atomic E-state index is 0.552. The Kier molecular flexibility index (Phi) is 3.01. The molecule has 1 unspecified atom stereocenters. The Morgan fingerprint density at radius 2 is 2.14 bits per heavy atom. The molecule has 0 aliphatic heterocycles. The predicted octanol–water partition coefficient (Wildman–Crippen LogP) is 2.84. The Hall–Kier alpha value is -0.640. The Bertz CT molecular complexity index is 295. The van der Waals surface area contributed by atoms with Gasteiger partial charge in [0.1, 0.15) is 0 Å². The summed E-state index contributed by atoms with van der Waals surface area (Å²) in [7, 11) is 0. The largest absolute Gasteiger partial charge is 0.351 e. The maximum Gasteiger partial charge on any atom is 0.222 e. The topological polar surface area (TPSA) is 37.8 Å². The van der Waals surface area contributed by atoms with Crippen LogP contribution in [-0.4, -0.2) is 16.0 Å². The van der Waals surface area contributed by atoms with Crippen molar-refractivity contribution in [1.82, 2.24) is 9.97 Å². The number of nitrogens with one attached hydrogen (secondary N) is 1. The second-order valence-electron chi connectivity index (χ2n) is 3.72. The molecular formula is C10H14BrN3. The maximum atomic E-state index is 4.21. The van der Waals surface area contributed by atoms with Crippen molar-refractivity contribution in [3.63, 3.8) is 0 Å². The second kappa shape index (κ2) is 4.26. The monoisotopic (exact) mass is 255 g/mol. The van der Waals surface area contributed by atoms with Gasteiger partial charge in [0.15, 0.2) is 0 Å². The van der Waals surface area contributed by atoms with Crippen LogP contribution in [0.4, 0.5) is 5.95 Å². The van der Waals surface area contributed by atoms with Crippen molar-refractivity contribution in [2.45, 2.75) is 32.2 Å². The first-order valence-corrected chi connectivity index (χ1v) is 5.83. The smallest absolute Gasteiger partial charge is 0.222 e. The number of hydrogen-bond acceptors (Lipinski definition) is 3. The van der Waals surface area contributed by atoms with E-state index in [0.717, 1.165) is 22.8 Å². The number of anilines is 1.